The van der Waals surface area contributed by atoms with Gasteiger partial charge in [-0.2, -0.15) is 0 Å². The van der Waals surface area contributed by atoms with Crippen LogP contribution in [0.2, 0.25) is 0 Å². The van der Waals surface area contributed by atoms with E-state index in [-0.39, 0.29) is 29.4 Å². The van der Waals surface area contributed by atoms with E-state index >= 15 is 0 Å². The number of aromatic nitrogens is 2. The van der Waals surface area contributed by atoms with Crippen molar-refractivity contribution >= 4 is 18.2 Å². The van der Waals surface area contributed by atoms with Crippen LogP contribution >= 0.6 is 12.4 Å². The molecule has 0 aliphatic heterocycles. The predicted molar refractivity (Wildman–Crippen MR) is 121 cm³/mol. The molecular weight excluding hydrogens is 406 g/mol. The first kappa shape index (κ1) is 25.7. The normalized spacial score (nSPS) is 10.7. The van der Waals surface area contributed by atoms with E-state index in [0.29, 0.717) is 18.6 Å². The summed E-state index contributed by atoms with van der Waals surface area (Å²) in [5.41, 5.74) is 0.881. The monoisotopic (exact) mass is 437 g/mol. The molecule has 0 saturated heterocycles. The van der Waals surface area contributed by atoms with Crippen LogP contribution in [0.15, 0.2) is 39.9 Å². The molecule has 1 aromatic carbocycles. The Morgan fingerprint density at radius 1 is 1.03 bits per heavy atom. The summed E-state index contributed by atoms with van der Waals surface area (Å²) in [5.74, 6) is 0.793. The summed E-state index contributed by atoms with van der Waals surface area (Å²) >= 11 is 0. The van der Waals surface area contributed by atoms with Crippen molar-refractivity contribution < 1.29 is 9.53 Å². The summed E-state index contributed by atoms with van der Waals surface area (Å²) in [7, 11) is 3.19. The van der Waals surface area contributed by atoms with Gasteiger partial charge in [-0.15, -0.1) is 12.4 Å². The maximum absolute atomic E-state index is 12.0. The van der Waals surface area contributed by atoms with Gasteiger partial charge in [0.2, 0.25) is 0 Å². The molecule has 0 fully saturated rings. The highest BCUT2D eigenvalue weighted by Crippen LogP contribution is 2.12. The summed E-state index contributed by atoms with van der Waals surface area (Å²) in [6.45, 7) is 6.86. The van der Waals surface area contributed by atoms with E-state index in [2.05, 4.69) is 11.8 Å². The van der Waals surface area contributed by atoms with Crippen LogP contribution < -0.4 is 16.0 Å². The van der Waals surface area contributed by atoms with Gasteiger partial charge in [-0.05, 0) is 63.5 Å². The van der Waals surface area contributed by atoms with Crippen LogP contribution in [0.3, 0.4) is 0 Å². The van der Waals surface area contributed by atoms with Crippen LogP contribution in [0.1, 0.15) is 42.7 Å². The topological polar surface area (TPSA) is 73.5 Å². The lowest BCUT2D eigenvalue weighted by Crippen LogP contribution is -2.38. The Kier molecular flexibility index (Phi) is 10.6. The SMILES string of the molecule is CCCN(CCCc1cc(=O)n(C)c(=O)n1C)CCOc1ccc(C(C)=O)cc1.Cl. The van der Waals surface area contributed by atoms with Crippen LogP contribution in [0.4, 0.5) is 0 Å². The molecule has 0 spiro atoms. The van der Waals surface area contributed by atoms with E-state index in [1.54, 1.807) is 36.7 Å². The van der Waals surface area contributed by atoms with Crippen LogP contribution in [0, 0.1) is 0 Å². The third-order valence-corrected chi connectivity index (χ3v) is 5.01. The second kappa shape index (κ2) is 12.3. The van der Waals surface area contributed by atoms with Crippen molar-refractivity contribution in [2.75, 3.05) is 26.2 Å². The number of halogens is 1. The van der Waals surface area contributed by atoms with Crippen LogP contribution in [-0.2, 0) is 20.5 Å². The first-order valence-electron chi connectivity index (χ1n) is 10.1. The smallest absolute Gasteiger partial charge is 0.330 e. The fourth-order valence-corrected chi connectivity index (χ4v) is 3.23. The average Bonchev–Trinajstić information content (AvgIpc) is 2.70. The molecule has 0 amide bonds. The fraction of sp³-hybridized carbons (Fsp3) is 0.500. The molecule has 1 heterocycles. The molecule has 0 bridgehead atoms. The second-order valence-electron chi connectivity index (χ2n) is 7.25. The van der Waals surface area contributed by atoms with Gasteiger partial charge in [0.25, 0.3) is 5.56 Å². The van der Waals surface area contributed by atoms with Crippen molar-refractivity contribution in [2.24, 2.45) is 14.1 Å². The number of carbonyl (C=O) groups excluding carboxylic acids is 1. The molecule has 0 unspecified atom stereocenters. The Morgan fingerprint density at radius 3 is 2.30 bits per heavy atom. The standard InChI is InChI=1S/C22H31N3O4.ClH/c1-5-12-25(14-15-29-20-10-8-18(9-11-20)17(2)26)13-6-7-19-16-21(27)24(4)22(28)23(19)3;/h8-11,16H,5-7,12-15H2,1-4H3;1H. The number of Topliss-reactive ketones (excluding diaryl/α,β-unsaturated/α-hetero) is 1. The van der Waals surface area contributed by atoms with Crippen molar-refractivity contribution in [1.29, 1.82) is 0 Å². The number of benzene rings is 1. The molecule has 0 radical (unpaired) electrons. The quantitative estimate of drug-likeness (QED) is 0.505. The van der Waals surface area contributed by atoms with Gasteiger partial charge in [0.05, 0.1) is 0 Å². The third-order valence-electron chi connectivity index (χ3n) is 5.01. The van der Waals surface area contributed by atoms with Crippen molar-refractivity contribution in [1.82, 2.24) is 14.0 Å². The molecule has 1 aromatic heterocycles. The zero-order valence-electron chi connectivity index (χ0n) is 18.2. The van der Waals surface area contributed by atoms with E-state index in [9.17, 15) is 14.4 Å². The third kappa shape index (κ3) is 7.15. The fourth-order valence-electron chi connectivity index (χ4n) is 3.23. The zero-order valence-corrected chi connectivity index (χ0v) is 19.0. The summed E-state index contributed by atoms with van der Waals surface area (Å²) in [4.78, 5) is 37.5. The molecule has 2 aromatic rings. The van der Waals surface area contributed by atoms with E-state index < -0.39 is 0 Å². The molecule has 0 saturated carbocycles. The van der Waals surface area contributed by atoms with Crippen molar-refractivity contribution in [3.8, 4) is 5.75 Å². The predicted octanol–water partition coefficient (Wildman–Crippen LogP) is 2.43. The van der Waals surface area contributed by atoms with Gasteiger partial charge in [0.15, 0.2) is 5.78 Å². The van der Waals surface area contributed by atoms with E-state index in [1.807, 2.05) is 12.1 Å². The lowest BCUT2D eigenvalue weighted by Gasteiger charge is -2.22. The summed E-state index contributed by atoms with van der Waals surface area (Å²) in [5, 5.41) is 0. The Morgan fingerprint density at radius 2 is 1.70 bits per heavy atom. The van der Waals surface area contributed by atoms with Gasteiger partial charge in [0, 0.05) is 38.0 Å². The van der Waals surface area contributed by atoms with Gasteiger partial charge in [0.1, 0.15) is 12.4 Å². The average molecular weight is 438 g/mol. The number of hydrogen-bond acceptors (Lipinski definition) is 5. The van der Waals surface area contributed by atoms with Crippen molar-refractivity contribution in [3.05, 3.63) is 62.4 Å². The van der Waals surface area contributed by atoms with Crippen LogP contribution in [0.5, 0.6) is 5.75 Å². The zero-order chi connectivity index (χ0) is 21.4. The number of ketones is 1. The first-order valence-corrected chi connectivity index (χ1v) is 10.1. The van der Waals surface area contributed by atoms with Crippen LogP contribution in [0.25, 0.3) is 0 Å². The highest BCUT2D eigenvalue weighted by atomic mass is 35.5. The van der Waals surface area contributed by atoms with Crippen molar-refractivity contribution in [2.45, 2.75) is 33.1 Å². The summed E-state index contributed by atoms with van der Waals surface area (Å²) in [6, 6.07) is 8.72. The lowest BCUT2D eigenvalue weighted by molar-refractivity contribution is 0.101. The Bertz CT molecular complexity index is 935. The largest absolute Gasteiger partial charge is 0.492 e. The Hall–Kier alpha value is -2.38. The molecule has 0 atom stereocenters. The number of aryl methyl sites for hydroxylation is 1. The molecular formula is C22H32ClN3O4. The molecule has 7 nitrogen and oxygen atoms in total. The number of ether oxygens (including phenoxy) is 1. The van der Waals surface area contributed by atoms with E-state index in [4.69, 9.17) is 4.74 Å². The molecule has 0 aliphatic rings. The second-order valence-corrected chi connectivity index (χ2v) is 7.25. The van der Waals surface area contributed by atoms with Gasteiger partial charge in [-0.25, -0.2) is 4.79 Å². The Balaban J connectivity index is 0.00000450. The molecule has 0 N–H and O–H groups in total. The van der Waals surface area contributed by atoms with Gasteiger partial charge >= 0.3 is 5.69 Å². The summed E-state index contributed by atoms with van der Waals surface area (Å²) in [6.07, 6.45) is 2.57. The minimum atomic E-state index is -0.290. The van der Waals surface area contributed by atoms with Gasteiger partial charge < -0.3 is 9.30 Å². The minimum Gasteiger partial charge on any atom is -0.492 e. The van der Waals surface area contributed by atoms with Gasteiger partial charge in [-0.3, -0.25) is 19.1 Å². The molecule has 2 rings (SSSR count). The first-order chi connectivity index (χ1) is 13.8. The molecule has 0 aliphatic carbocycles. The summed E-state index contributed by atoms with van der Waals surface area (Å²) < 4.78 is 8.46. The number of hydrogen-bond donors (Lipinski definition) is 0. The maximum atomic E-state index is 12.0. The highest BCUT2D eigenvalue weighted by molar-refractivity contribution is 5.94. The van der Waals surface area contributed by atoms with E-state index in [0.717, 1.165) is 48.5 Å². The van der Waals surface area contributed by atoms with Gasteiger partial charge in [-0.1, -0.05) is 6.92 Å². The van der Waals surface area contributed by atoms with Crippen LogP contribution in [-0.4, -0.2) is 46.1 Å². The highest BCUT2D eigenvalue weighted by Gasteiger charge is 2.08. The Labute approximate surface area is 183 Å². The number of nitrogens with zero attached hydrogens (tertiary/aromatic N) is 3. The maximum Gasteiger partial charge on any atom is 0.330 e. The molecule has 166 valence electrons. The number of carbonyl (C=O) groups is 1. The molecule has 8 heteroatoms. The van der Waals surface area contributed by atoms with E-state index in [1.165, 1.54) is 7.05 Å². The lowest BCUT2D eigenvalue weighted by atomic mass is 10.1. The minimum absolute atomic E-state index is 0. The molecule has 30 heavy (non-hydrogen) atoms. The number of rotatable bonds is 11. The van der Waals surface area contributed by atoms with Crippen molar-refractivity contribution in [3.63, 3.8) is 0 Å².